The molecule has 0 aromatic heterocycles. The van der Waals surface area contributed by atoms with Crippen molar-refractivity contribution in [3.8, 4) is 5.75 Å². The van der Waals surface area contributed by atoms with E-state index in [1.165, 1.54) is 26.4 Å². The second-order valence-corrected chi connectivity index (χ2v) is 9.86. The predicted octanol–water partition coefficient (Wildman–Crippen LogP) is 3.93. The normalized spacial score (nSPS) is 15.3. The molecule has 4 rings (SSSR count). The van der Waals surface area contributed by atoms with Crippen molar-refractivity contribution < 1.29 is 27.5 Å². The fraction of sp³-hybridized carbons (Fsp3) is 0.217. The maximum Gasteiger partial charge on any atom is 0.338 e. The van der Waals surface area contributed by atoms with Gasteiger partial charge in [0.1, 0.15) is 5.75 Å². The molecule has 0 aliphatic heterocycles. The first-order chi connectivity index (χ1) is 15.3. The van der Waals surface area contributed by atoms with Crippen molar-refractivity contribution in [2.45, 2.75) is 23.7 Å². The zero-order valence-electron chi connectivity index (χ0n) is 17.3. The Morgan fingerprint density at radius 2 is 1.75 bits per heavy atom. The Morgan fingerprint density at radius 1 is 1.03 bits per heavy atom. The first-order valence-electron chi connectivity index (χ1n) is 9.80. The largest absolute Gasteiger partial charge is 0.496 e. The Kier molecular flexibility index (Phi) is 5.96. The third-order valence-electron chi connectivity index (χ3n) is 5.64. The second-order valence-electron chi connectivity index (χ2n) is 7.35. The maximum atomic E-state index is 13.2. The summed E-state index contributed by atoms with van der Waals surface area (Å²) < 4.78 is 39.7. The van der Waals surface area contributed by atoms with Gasteiger partial charge in [-0.3, -0.25) is 4.79 Å². The van der Waals surface area contributed by atoms with Crippen LogP contribution >= 0.6 is 15.9 Å². The minimum Gasteiger partial charge on any atom is -0.496 e. The quantitative estimate of drug-likeness (QED) is 0.514. The number of fused-ring (bicyclic) bond motifs is 2. The van der Waals surface area contributed by atoms with Crippen molar-refractivity contribution in [2.24, 2.45) is 0 Å². The summed E-state index contributed by atoms with van der Waals surface area (Å²) in [6, 6.07) is 12.9. The summed E-state index contributed by atoms with van der Waals surface area (Å²) >= 11 is 3.49. The van der Waals surface area contributed by atoms with Gasteiger partial charge in [-0.15, -0.1) is 0 Å². The molecule has 1 unspecified atom stereocenters. The third kappa shape index (κ3) is 3.75. The van der Waals surface area contributed by atoms with Crippen LogP contribution < -0.4 is 9.46 Å². The van der Waals surface area contributed by atoms with Crippen LogP contribution in [0.4, 0.5) is 0 Å². The number of ether oxygens (including phenoxy) is 2. The average molecular weight is 518 g/mol. The molecule has 1 N–H and O–H groups in total. The number of hydrogen-bond donors (Lipinski definition) is 1. The van der Waals surface area contributed by atoms with Gasteiger partial charge in [-0.1, -0.05) is 40.2 Å². The predicted molar refractivity (Wildman–Crippen MR) is 122 cm³/mol. The molecule has 9 heteroatoms. The molecule has 3 aromatic carbocycles. The van der Waals surface area contributed by atoms with Crippen molar-refractivity contribution in [3.63, 3.8) is 0 Å². The van der Waals surface area contributed by atoms with E-state index in [-0.39, 0.29) is 10.5 Å². The molecule has 3 aromatic rings. The molecule has 0 radical (unpaired) electrons. The van der Waals surface area contributed by atoms with E-state index < -0.39 is 27.8 Å². The monoisotopic (exact) mass is 517 g/mol. The standard InChI is InChI=1S/C23H20BrNO6S/c1-30-19-12-11-18(24)16-9-10-17(21(16)19)22(26)25-32(28,29)20-8-4-5-13-14(20)6-3-7-15(13)23(27)31-2/h3-8,11-12,17H,9-10H2,1-2H3,(H,25,26). The van der Waals surface area contributed by atoms with Gasteiger partial charge in [-0.2, -0.15) is 0 Å². The van der Waals surface area contributed by atoms with Gasteiger partial charge in [-0.25, -0.2) is 17.9 Å². The molecule has 7 nitrogen and oxygen atoms in total. The molecule has 32 heavy (non-hydrogen) atoms. The SMILES string of the molecule is COC(=O)c1cccc2c(S(=O)(=O)NC(=O)C3CCc4c(Br)ccc(OC)c43)cccc12. The van der Waals surface area contributed by atoms with Crippen LogP contribution in [0.25, 0.3) is 10.8 Å². The lowest BCUT2D eigenvalue weighted by Crippen LogP contribution is -2.34. The van der Waals surface area contributed by atoms with Crippen LogP contribution in [0.5, 0.6) is 5.75 Å². The van der Waals surface area contributed by atoms with Crippen molar-refractivity contribution >= 4 is 48.6 Å². The molecule has 0 heterocycles. The molecule has 0 saturated heterocycles. The van der Waals surface area contributed by atoms with Gasteiger partial charge in [0.15, 0.2) is 0 Å². The molecule has 166 valence electrons. The summed E-state index contributed by atoms with van der Waals surface area (Å²) in [7, 11) is -1.43. The van der Waals surface area contributed by atoms with Gasteiger partial charge in [0.25, 0.3) is 10.0 Å². The number of rotatable bonds is 5. The molecule has 0 saturated carbocycles. The van der Waals surface area contributed by atoms with E-state index in [1.807, 2.05) is 6.07 Å². The zero-order valence-corrected chi connectivity index (χ0v) is 19.7. The lowest BCUT2D eigenvalue weighted by atomic mass is 10.00. The number of halogens is 1. The van der Waals surface area contributed by atoms with Crippen molar-refractivity contribution in [1.82, 2.24) is 4.72 Å². The summed E-state index contributed by atoms with van der Waals surface area (Å²) in [6.07, 6.45) is 1.10. The van der Waals surface area contributed by atoms with Crippen LogP contribution in [0.1, 0.15) is 33.8 Å². The van der Waals surface area contributed by atoms with Gasteiger partial charge < -0.3 is 9.47 Å². The minimum atomic E-state index is -4.21. The van der Waals surface area contributed by atoms with Crippen LogP contribution in [0.3, 0.4) is 0 Å². The fourth-order valence-electron chi connectivity index (χ4n) is 4.19. The van der Waals surface area contributed by atoms with Gasteiger partial charge in [0, 0.05) is 15.4 Å². The first kappa shape index (κ1) is 22.3. The third-order valence-corrected chi connectivity index (χ3v) is 7.79. The highest BCUT2D eigenvalue weighted by Gasteiger charge is 2.35. The minimum absolute atomic E-state index is 0.0893. The highest BCUT2D eigenvalue weighted by Crippen LogP contribution is 2.43. The summed E-state index contributed by atoms with van der Waals surface area (Å²) in [5.41, 5.74) is 1.88. The summed E-state index contributed by atoms with van der Waals surface area (Å²) in [6.45, 7) is 0. The number of nitrogens with one attached hydrogen (secondary N) is 1. The lowest BCUT2D eigenvalue weighted by Gasteiger charge is -2.17. The Labute approximate surface area is 193 Å². The van der Waals surface area contributed by atoms with E-state index in [2.05, 4.69) is 20.7 Å². The van der Waals surface area contributed by atoms with E-state index in [4.69, 9.17) is 9.47 Å². The fourth-order valence-corrected chi connectivity index (χ4v) is 5.97. The number of hydrogen-bond acceptors (Lipinski definition) is 6. The van der Waals surface area contributed by atoms with E-state index in [9.17, 15) is 18.0 Å². The first-order valence-corrected chi connectivity index (χ1v) is 12.1. The topological polar surface area (TPSA) is 98.8 Å². The second kappa shape index (κ2) is 8.55. The van der Waals surface area contributed by atoms with Gasteiger partial charge >= 0.3 is 5.97 Å². The maximum absolute atomic E-state index is 13.2. The molecule has 0 spiro atoms. The number of sulfonamides is 1. The summed E-state index contributed by atoms with van der Waals surface area (Å²) in [5.74, 6) is -1.31. The molecule has 1 atom stereocenters. The van der Waals surface area contributed by atoms with Crippen LogP contribution in [-0.4, -0.2) is 34.5 Å². The molecular weight excluding hydrogens is 498 g/mol. The molecular formula is C23H20BrNO6S. The number of carbonyl (C=O) groups excluding carboxylic acids is 2. The van der Waals surface area contributed by atoms with Crippen LogP contribution in [0, 0.1) is 0 Å². The summed E-state index contributed by atoms with van der Waals surface area (Å²) in [4.78, 5) is 25.1. The Bertz CT molecular complexity index is 1350. The number of esters is 1. The highest BCUT2D eigenvalue weighted by atomic mass is 79.9. The van der Waals surface area contributed by atoms with Crippen molar-refractivity contribution in [2.75, 3.05) is 14.2 Å². The van der Waals surface area contributed by atoms with E-state index >= 15 is 0 Å². The van der Waals surface area contributed by atoms with Crippen molar-refractivity contribution in [1.29, 1.82) is 0 Å². The number of benzene rings is 3. The van der Waals surface area contributed by atoms with Gasteiger partial charge in [0.2, 0.25) is 5.91 Å². The van der Waals surface area contributed by atoms with Crippen LogP contribution in [0.15, 0.2) is 57.9 Å². The lowest BCUT2D eigenvalue weighted by molar-refractivity contribution is -0.120. The Morgan fingerprint density at radius 3 is 2.47 bits per heavy atom. The zero-order chi connectivity index (χ0) is 23.0. The van der Waals surface area contributed by atoms with Crippen LogP contribution in [-0.2, 0) is 26.0 Å². The van der Waals surface area contributed by atoms with E-state index in [0.717, 1.165) is 10.0 Å². The molecule has 0 fully saturated rings. The number of carbonyl (C=O) groups is 2. The van der Waals surface area contributed by atoms with Gasteiger partial charge in [0.05, 0.1) is 30.6 Å². The van der Waals surface area contributed by atoms with E-state index in [0.29, 0.717) is 34.9 Å². The van der Waals surface area contributed by atoms with Crippen LogP contribution in [0.2, 0.25) is 0 Å². The highest BCUT2D eigenvalue weighted by molar-refractivity contribution is 9.10. The summed E-state index contributed by atoms with van der Waals surface area (Å²) in [5, 5.41) is 0.745. The smallest absolute Gasteiger partial charge is 0.338 e. The van der Waals surface area contributed by atoms with E-state index in [1.54, 1.807) is 30.3 Å². The molecule has 1 amide bonds. The molecule has 1 aliphatic carbocycles. The average Bonchev–Trinajstić information content (AvgIpc) is 3.24. The number of methoxy groups -OCH3 is 2. The van der Waals surface area contributed by atoms with Gasteiger partial charge in [-0.05, 0) is 48.1 Å². The Balaban J connectivity index is 1.72. The molecule has 0 bridgehead atoms. The van der Waals surface area contributed by atoms with Crippen molar-refractivity contribution in [3.05, 3.63) is 69.7 Å². The Hall–Kier alpha value is -2.91. The molecule has 1 aliphatic rings. The number of amides is 1.